The lowest BCUT2D eigenvalue weighted by atomic mass is 10.0. The van der Waals surface area contributed by atoms with E-state index in [0.29, 0.717) is 11.1 Å². The number of carbonyl (C=O) groups excluding carboxylic acids is 2. The van der Waals surface area contributed by atoms with Crippen LogP contribution >= 0.6 is 0 Å². The van der Waals surface area contributed by atoms with Gasteiger partial charge in [-0.05, 0) is 35.4 Å². The smallest absolute Gasteiger partial charge is 0.343 e. The molecule has 0 bridgehead atoms. The first-order valence-electron chi connectivity index (χ1n) is 6.01. The number of esters is 2. The summed E-state index contributed by atoms with van der Waals surface area (Å²) in [5.41, 5.74) is 2.60. The van der Waals surface area contributed by atoms with Crippen LogP contribution in [0.1, 0.15) is 11.1 Å². The highest BCUT2D eigenvalue weighted by molar-refractivity contribution is 6.01. The molecule has 20 heavy (non-hydrogen) atoms. The second-order valence-electron chi connectivity index (χ2n) is 4.24. The molecule has 0 fully saturated rings. The van der Waals surface area contributed by atoms with E-state index in [1.54, 1.807) is 24.3 Å². The van der Waals surface area contributed by atoms with E-state index in [1.807, 2.05) is 24.3 Å². The summed E-state index contributed by atoms with van der Waals surface area (Å²) in [6.45, 7) is 0. The van der Waals surface area contributed by atoms with Gasteiger partial charge in [0.1, 0.15) is 0 Å². The molecule has 4 heteroatoms. The molecule has 1 aromatic rings. The molecule has 98 valence electrons. The minimum absolute atomic E-state index is 0.382. The van der Waals surface area contributed by atoms with Crippen LogP contribution in [-0.4, -0.2) is 11.9 Å². The standard InChI is InChI=1S/C16H10O4/c17-15-13(5-7-19-15)9-11-3-1-2-4-12(11)10-14-6-8-20-16(14)18/h1-10H. The van der Waals surface area contributed by atoms with E-state index >= 15 is 0 Å². The van der Waals surface area contributed by atoms with E-state index < -0.39 is 0 Å². The van der Waals surface area contributed by atoms with Crippen molar-refractivity contribution in [3.63, 3.8) is 0 Å². The molecule has 0 N–H and O–H groups in total. The Bertz CT molecular complexity index is 644. The van der Waals surface area contributed by atoms with E-state index in [0.717, 1.165) is 11.1 Å². The molecule has 0 unspecified atom stereocenters. The van der Waals surface area contributed by atoms with Crippen LogP contribution < -0.4 is 0 Å². The molecule has 4 nitrogen and oxygen atoms in total. The summed E-state index contributed by atoms with van der Waals surface area (Å²) in [5.74, 6) is -0.764. The van der Waals surface area contributed by atoms with Crippen LogP contribution in [0.15, 0.2) is 60.1 Å². The normalized spacial score (nSPS) is 20.8. The van der Waals surface area contributed by atoms with E-state index in [4.69, 9.17) is 9.47 Å². The molecular formula is C16H10O4. The average molecular weight is 266 g/mol. The number of hydrogen-bond acceptors (Lipinski definition) is 4. The van der Waals surface area contributed by atoms with Crippen LogP contribution in [0.5, 0.6) is 0 Å². The van der Waals surface area contributed by atoms with E-state index in [1.165, 1.54) is 12.5 Å². The second kappa shape index (κ2) is 5.01. The third-order valence-electron chi connectivity index (χ3n) is 2.93. The van der Waals surface area contributed by atoms with Crippen LogP contribution in [0.3, 0.4) is 0 Å². The van der Waals surface area contributed by atoms with Crippen molar-refractivity contribution < 1.29 is 19.1 Å². The Morgan fingerprint density at radius 1 is 0.750 bits per heavy atom. The molecule has 0 atom stereocenters. The Labute approximate surface area is 115 Å². The molecule has 0 amide bonds. The molecule has 3 rings (SSSR count). The van der Waals surface area contributed by atoms with Gasteiger partial charge in [-0.3, -0.25) is 0 Å². The Kier molecular flexibility index (Phi) is 3.05. The lowest BCUT2D eigenvalue weighted by Gasteiger charge is -2.02. The quantitative estimate of drug-likeness (QED) is 0.610. The Balaban J connectivity index is 2.01. The summed E-state index contributed by atoms with van der Waals surface area (Å²) in [5, 5.41) is 0. The number of cyclic esters (lactones) is 2. The van der Waals surface area contributed by atoms with Gasteiger partial charge in [0.2, 0.25) is 0 Å². The molecule has 2 heterocycles. The molecule has 2 aliphatic heterocycles. The highest BCUT2D eigenvalue weighted by atomic mass is 16.5. The van der Waals surface area contributed by atoms with Crippen LogP contribution in [0.25, 0.3) is 12.2 Å². The lowest BCUT2D eigenvalue weighted by molar-refractivity contribution is -0.132. The largest absolute Gasteiger partial charge is 0.431 e. The van der Waals surface area contributed by atoms with Gasteiger partial charge in [-0.1, -0.05) is 24.3 Å². The van der Waals surface area contributed by atoms with Crippen molar-refractivity contribution in [3.8, 4) is 0 Å². The SMILES string of the molecule is O=C1OC=CC1=Cc1ccccc1C=C1C=COC1=O. The first-order valence-corrected chi connectivity index (χ1v) is 6.01. The zero-order valence-electron chi connectivity index (χ0n) is 10.4. The number of carbonyl (C=O) groups is 2. The molecule has 1 aromatic carbocycles. The zero-order chi connectivity index (χ0) is 13.9. The van der Waals surface area contributed by atoms with Crippen molar-refractivity contribution in [2.45, 2.75) is 0 Å². The summed E-state index contributed by atoms with van der Waals surface area (Å²) in [6, 6.07) is 7.45. The Hall–Kier alpha value is -2.88. The van der Waals surface area contributed by atoms with E-state index in [2.05, 4.69) is 0 Å². The summed E-state index contributed by atoms with van der Waals surface area (Å²) in [4.78, 5) is 22.9. The predicted octanol–water partition coefficient (Wildman–Crippen LogP) is 2.59. The minimum Gasteiger partial charge on any atom is -0.431 e. The summed E-state index contributed by atoms with van der Waals surface area (Å²) in [6.07, 6.45) is 9.37. The fourth-order valence-corrected chi connectivity index (χ4v) is 1.93. The monoisotopic (exact) mass is 266 g/mol. The van der Waals surface area contributed by atoms with Gasteiger partial charge in [0, 0.05) is 0 Å². The number of ether oxygens (including phenoxy) is 2. The van der Waals surface area contributed by atoms with Crippen molar-refractivity contribution in [1.29, 1.82) is 0 Å². The van der Waals surface area contributed by atoms with Gasteiger partial charge in [0.05, 0.1) is 23.7 Å². The lowest BCUT2D eigenvalue weighted by Crippen LogP contribution is -1.97. The van der Waals surface area contributed by atoms with Gasteiger partial charge >= 0.3 is 11.9 Å². The number of rotatable bonds is 2. The maximum atomic E-state index is 11.4. The third-order valence-corrected chi connectivity index (χ3v) is 2.93. The minimum atomic E-state index is -0.382. The average Bonchev–Trinajstić information content (AvgIpc) is 3.02. The van der Waals surface area contributed by atoms with Crippen LogP contribution in [0, 0.1) is 0 Å². The van der Waals surface area contributed by atoms with Gasteiger partial charge < -0.3 is 9.47 Å². The van der Waals surface area contributed by atoms with Crippen molar-refractivity contribution in [2.24, 2.45) is 0 Å². The van der Waals surface area contributed by atoms with Gasteiger partial charge in [-0.2, -0.15) is 0 Å². The molecule has 0 saturated carbocycles. The summed E-state index contributed by atoms with van der Waals surface area (Å²) >= 11 is 0. The first-order chi connectivity index (χ1) is 9.74. The zero-order valence-corrected chi connectivity index (χ0v) is 10.4. The molecule has 0 aromatic heterocycles. The van der Waals surface area contributed by atoms with Crippen molar-refractivity contribution in [2.75, 3.05) is 0 Å². The Morgan fingerprint density at radius 2 is 1.20 bits per heavy atom. The van der Waals surface area contributed by atoms with E-state index in [9.17, 15) is 9.59 Å². The van der Waals surface area contributed by atoms with Gasteiger partial charge in [-0.15, -0.1) is 0 Å². The van der Waals surface area contributed by atoms with Crippen LogP contribution in [-0.2, 0) is 19.1 Å². The maximum absolute atomic E-state index is 11.4. The molecular weight excluding hydrogens is 256 g/mol. The van der Waals surface area contributed by atoms with Crippen molar-refractivity contribution in [3.05, 3.63) is 71.2 Å². The first kappa shape index (κ1) is 12.2. The van der Waals surface area contributed by atoms with Crippen molar-refractivity contribution in [1.82, 2.24) is 0 Å². The van der Waals surface area contributed by atoms with Crippen LogP contribution in [0.2, 0.25) is 0 Å². The maximum Gasteiger partial charge on any atom is 0.343 e. The molecule has 0 spiro atoms. The topological polar surface area (TPSA) is 52.6 Å². The second-order valence-corrected chi connectivity index (χ2v) is 4.24. The molecule has 0 radical (unpaired) electrons. The van der Waals surface area contributed by atoms with Gasteiger partial charge in [-0.25, -0.2) is 9.59 Å². The fourth-order valence-electron chi connectivity index (χ4n) is 1.93. The third kappa shape index (κ3) is 2.31. The van der Waals surface area contributed by atoms with Crippen LogP contribution in [0.4, 0.5) is 0 Å². The fraction of sp³-hybridized carbons (Fsp3) is 0. The highest BCUT2D eigenvalue weighted by Gasteiger charge is 2.15. The molecule has 0 aliphatic carbocycles. The van der Waals surface area contributed by atoms with E-state index in [-0.39, 0.29) is 11.9 Å². The predicted molar refractivity (Wildman–Crippen MR) is 72.9 cm³/mol. The Morgan fingerprint density at radius 3 is 1.55 bits per heavy atom. The summed E-state index contributed by atoms with van der Waals surface area (Å²) < 4.78 is 9.48. The molecule has 2 aliphatic rings. The number of benzene rings is 1. The van der Waals surface area contributed by atoms with Crippen molar-refractivity contribution >= 4 is 24.1 Å². The summed E-state index contributed by atoms with van der Waals surface area (Å²) in [7, 11) is 0. The molecule has 0 saturated heterocycles. The van der Waals surface area contributed by atoms with Gasteiger partial charge in [0.15, 0.2) is 0 Å². The highest BCUT2D eigenvalue weighted by Crippen LogP contribution is 2.21. The number of hydrogen-bond donors (Lipinski definition) is 0. The van der Waals surface area contributed by atoms with Gasteiger partial charge in [0.25, 0.3) is 0 Å².